The van der Waals surface area contributed by atoms with Crippen molar-refractivity contribution in [3.8, 4) is 0 Å². The number of hydrogen-bond acceptors (Lipinski definition) is 16. The molecule has 18 heteroatoms. The van der Waals surface area contributed by atoms with Gasteiger partial charge < -0.3 is 52.6 Å². The predicted octanol–water partition coefficient (Wildman–Crippen LogP) is 2.83. The number of benzene rings is 2. The number of aromatic amines is 1. The lowest BCUT2D eigenvalue weighted by atomic mass is 9.89. The Bertz CT molecular complexity index is 2260. The molecule has 0 spiro atoms. The summed E-state index contributed by atoms with van der Waals surface area (Å²) in [5.41, 5.74) is 5.04. The molecule has 0 bridgehead atoms. The molecule has 4 heterocycles. The number of carbonyl (C=O) groups excluding carboxylic acids is 2. The van der Waals surface area contributed by atoms with Gasteiger partial charge in [0.15, 0.2) is 16.9 Å². The van der Waals surface area contributed by atoms with E-state index in [1.54, 1.807) is 18.3 Å². The van der Waals surface area contributed by atoms with E-state index in [-0.39, 0.29) is 47.6 Å². The molecule has 0 aliphatic carbocycles. The zero-order valence-corrected chi connectivity index (χ0v) is 40.3. The van der Waals surface area contributed by atoms with Gasteiger partial charge in [-0.25, -0.2) is 19.7 Å². The van der Waals surface area contributed by atoms with Gasteiger partial charge in [0.05, 0.1) is 31.2 Å². The van der Waals surface area contributed by atoms with Gasteiger partial charge in [-0.3, -0.25) is 19.3 Å². The highest BCUT2D eigenvalue weighted by Crippen LogP contribution is 2.24. The summed E-state index contributed by atoms with van der Waals surface area (Å²) in [4.78, 5) is 70.1. The molecule has 374 valence electrons. The first-order valence-electron chi connectivity index (χ1n) is 25.1. The number of nitrogens with one attached hydrogen (secondary N) is 9. The smallest absolute Gasteiger partial charge is 0.326 e. The van der Waals surface area contributed by atoms with E-state index in [1.807, 2.05) is 18.2 Å². The first-order valence-corrected chi connectivity index (χ1v) is 25.1. The first kappa shape index (κ1) is 52.9. The summed E-state index contributed by atoms with van der Waals surface area (Å²) < 4.78 is 0. The molecular formula is C51H75N13O5. The van der Waals surface area contributed by atoms with Crippen LogP contribution in [-0.4, -0.2) is 145 Å². The van der Waals surface area contributed by atoms with E-state index in [4.69, 9.17) is 0 Å². The normalized spacial score (nSPS) is 18.5. The van der Waals surface area contributed by atoms with E-state index in [1.165, 1.54) is 6.33 Å². The summed E-state index contributed by atoms with van der Waals surface area (Å²) in [5.74, 6) is -1.20. The summed E-state index contributed by atoms with van der Waals surface area (Å²) >= 11 is 0. The average molecular weight is 950 g/mol. The van der Waals surface area contributed by atoms with Gasteiger partial charge in [0.25, 0.3) is 5.56 Å². The third kappa shape index (κ3) is 18.8. The van der Waals surface area contributed by atoms with Gasteiger partial charge in [-0.05, 0) is 145 Å². The molecule has 10 N–H and O–H groups in total. The van der Waals surface area contributed by atoms with Crippen LogP contribution < -0.4 is 48.1 Å². The number of H-pyrrole nitrogens is 1. The van der Waals surface area contributed by atoms with E-state index in [0.717, 1.165) is 153 Å². The molecular weight excluding hydrogens is 875 g/mol. The largest absolute Gasteiger partial charge is 0.480 e. The number of fused-ring (bicyclic) bond motifs is 1. The number of Topliss-reactive ketones (excluding diaryl/α,β-unsaturated/α-hetero) is 2. The van der Waals surface area contributed by atoms with E-state index < -0.39 is 12.0 Å². The highest BCUT2D eigenvalue weighted by Gasteiger charge is 2.23. The Morgan fingerprint density at radius 1 is 0.783 bits per heavy atom. The highest BCUT2D eigenvalue weighted by atomic mass is 16.4. The summed E-state index contributed by atoms with van der Waals surface area (Å²) in [7, 11) is 0. The topological polar surface area (TPSA) is 242 Å². The molecule has 18 nitrogen and oxygen atoms in total. The van der Waals surface area contributed by atoms with Crippen molar-refractivity contribution in [2.24, 2.45) is 5.92 Å². The molecule has 0 amide bonds. The second-order valence-electron chi connectivity index (χ2n) is 18.2. The van der Waals surface area contributed by atoms with Crippen molar-refractivity contribution in [3.63, 3.8) is 0 Å². The maximum absolute atomic E-state index is 14.4. The van der Waals surface area contributed by atoms with Crippen LogP contribution in [0.15, 0.2) is 66.4 Å². The predicted molar refractivity (Wildman–Crippen MR) is 272 cm³/mol. The van der Waals surface area contributed by atoms with Gasteiger partial charge in [0.2, 0.25) is 0 Å². The van der Waals surface area contributed by atoms with E-state index >= 15 is 0 Å². The Morgan fingerprint density at radius 2 is 1.46 bits per heavy atom. The molecule has 6 rings (SSSR count). The molecule has 0 radical (unpaired) electrons. The van der Waals surface area contributed by atoms with Crippen LogP contribution >= 0.6 is 0 Å². The molecule has 2 aliphatic heterocycles. The summed E-state index contributed by atoms with van der Waals surface area (Å²) in [6.45, 7) is 18.1. The Hall–Kier alpha value is -5.47. The van der Waals surface area contributed by atoms with Crippen molar-refractivity contribution in [2.75, 3.05) is 96.9 Å². The molecule has 0 saturated carbocycles. The lowest BCUT2D eigenvalue weighted by Gasteiger charge is -2.25. The Labute approximate surface area is 406 Å². The van der Waals surface area contributed by atoms with E-state index in [2.05, 4.69) is 86.1 Å². The van der Waals surface area contributed by atoms with Crippen LogP contribution in [0.3, 0.4) is 0 Å². The van der Waals surface area contributed by atoms with E-state index in [0.29, 0.717) is 41.5 Å². The summed E-state index contributed by atoms with van der Waals surface area (Å²) in [6, 6.07) is 12.5. The van der Waals surface area contributed by atoms with Crippen LogP contribution in [0.2, 0.25) is 0 Å². The minimum atomic E-state index is -1.12. The summed E-state index contributed by atoms with van der Waals surface area (Å²) in [6.07, 6.45) is 9.62. The second-order valence-corrected chi connectivity index (χ2v) is 18.2. The standard InChI is InChI=1S/C51H75N13O5/c1-37(40-9-11-42(12-10-40)58-33-43-34-59-49-48(63-43)50(67)61-36-60-49)62-46(51(68)69)14-13-44(65)32-47(66)45-31-39(30-38-6-2-16-53-23-24-54-18-3-17-52-22-15-38)7-8-41(45)35-64-28-5-21-56-26-25-55-19-4-20-57-27-29-64/h7-12,31,34,36,38,46,52-58,62H,1-6,13-30,32-33,35H2,(H,68,69)(H,59,60,61,67). The van der Waals surface area contributed by atoms with Crippen LogP contribution in [0, 0.1) is 5.92 Å². The quantitative estimate of drug-likeness (QED) is 0.0541. The fourth-order valence-electron chi connectivity index (χ4n) is 8.78. The zero-order valence-electron chi connectivity index (χ0n) is 40.3. The SMILES string of the molecule is C=C(NC(CCC(=O)CC(=O)c1cc(CC2CCCNCCNCCCNCC2)ccc1CN1CCCNCCNCCCNCC1)C(=O)O)c1ccc(NCc2cnc3nc[nH]c(=O)c3n2)cc1. The molecule has 2 fully saturated rings. The number of hydrogen-bond donors (Lipinski definition) is 10. The second kappa shape index (κ2) is 29.5. The lowest BCUT2D eigenvalue weighted by molar-refractivity contribution is -0.139. The monoisotopic (exact) mass is 950 g/mol. The van der Waals surface area contributed by atoms with Crippen molar-refractivity contribution in [3.05, 3.63) is 99.9 Å². The Kier molecular flexibility index (Phi) is 22.6. The zero-order chi connectivity index (χ0) is 48.5. The molecule has 4 aromatic rings. The Balaban J connectivity index is 1.08. The van der Waals surface area contributed by atoms with Gasteiger partial charge >= 0.3 is 5.97 Å². The third-order valence-electron chi connectivity index (χ3n) is 12.7. The molecule has 2 aliphatic rings. The van der Waals surface area contributed by atoms with Gasteiger partial charge in [0, 0.05) is 69.2 Å². The number of carboxylic acids is 1. The minimum Gasteiger partial charge on any atom is -0.480 e. The maximum atomic E-state index is 14.4. The van der Waals surface area contributed by atoms with Crippen LogP contribution in [0.5, 0.6) is 0 Å². The van der Waals surface area contributed by atoms with Crippen molar-refractivity contribution in [1.82, 2.24) is 62.1 Å². The summed E-state index contributed by atoms with van der Waals surface area (Å²) in [5, 5.41) is 37.7. The van der Waals surface area contributed by atoms with Crippen LogP contribution in [0.4, 0.5) is 5.69 Å². The average Bonchev–Trinajstić information content (AvgIpc) is 3.35. The third-order valence-corrected chi connectivity index (χ3v) is 12.7. The van der Waals surface area contributed by atoms with Crippen LogP contribution in [0.25, 0.3) is 16.9 Å². The van der Waals surface area contributed by atoms with Gasteiger partial charge in [-0.2, -0.15) is 0 Å². The number of anilines is 1. The van der Waals surface area contributed by atoms with Crippen molar-refractivity contribution in [2.45, 2.75) is 83.3 Å². The first-order chi connectivity index (χ1) is 33.7. The van der Waals surface area contributed by atoms with Gasteiger partial charge in [-0.1, -0.05) is 30.8 Å². The van der Waals surface area contributed by atoms with Crippen molar-refractivity contribution >= 4 is 40.1 Å². The van der Waals surface area contributed by atoms with Gasteiger partial charge in [-0.15, -0.1) is 0 Å². The van der Waals surface area contributed by atoms with Gasteiger partial charge in [0.1, 0.15) is 11.8 Å². The van der Waals surface area contributed by atoms with E-state index in [9.17, 15) is 24.3 Å². The van der Waals surface area contributed by atoms with Crippen molar-refractivity contribution < 1.29 is 19.5 Å². The molecule has 2 atom stereocenters. The number of rotatable bonds is 17. The fourth-order valence-corrected chi connectivity index (χ4v) is 8.78. The number of ketones is 2. The molecule has 2 aromatic carbocycles. The molecule has 2 aromatic heterocycles. The number of nitrogens with zero attached hydrogens (tertiary/aromatic N) is 4. The van der Waals surface area contributed by atoms with Crippen molar-refractivity contribution in [1.29, 1.82) is 0 Å². The van der Waals surface area contributed by atoms with Crippen LogP contribution in [0.1, 0.15) is 90.5 Å². The maximum Gasteiger partial charge on any atom is 0.326 e. The molecule has 2 saturated heterocycles. The number of carboxylic acid groups (broad SMARTS) is 1. The minimum absolute atomic E-state index is 0.00981. The number of aliphatic carboxylic acids is 1. The Morgan fingerprint density at radius 3 is 2.19 bits per heavy atom. The molecule has 2 unspecified atom stereocenters. The molecule has 69 heavy (non-hydrogen) atoms. The number of aromatic nitrogens is 4. The lowest BCUT2D eigenvalue weighted by Crippen LogP contribution is -2.37. The highest BCUT2D eigenvalue weighted by molar-refractivity contribution is 6.08. The fraction of sp³-hybridized carbons (Fsp3) is 0.549. The number of carbonyl (C=O) groups is 3. The van der Waals surface area contributed by atoms with Crippen LogP contribution in [-0.2, 0) is 29.1 Å².